The van der Waals surface area contributed by atoms with Crippen molar-refractivity contribution in [3.63, 3.8) is 0 Å². The lowest BCUT2D eigenvalue weighted by molar-refractivity contribution is -0.137. The number of nitrogens with zero attached hydrogens (tertiary/aromatic N) is 1. The van der Waals surface area contributed by atoms with Crippen LogP contribution in [-0.4, -0.2) is 18.0 Å². The van der Waals surface area contributed by atoms with E-state index in [-0.39, 0.29) is 5.92 Å². The van der Waals surface area contributed by atoms with Crippen molar-refractivity contribution in [2.24, 2.45) is 0 Å². The van der Waals surface area contributed by atoms with Gasteiger partial charge >= 0.3 is 6.18 Å². The highest BCUT2D eigenvalue weighted by Crippen LogP contribution is 2.33. The average Bonchev–Trinajstić information content (AvgIpc) is 2.55. The maximum atomic E-state index is 12.9. The molecule has 0 N–H and O–H groups in total. The van der Waals surface area contributed by atoms with Crippen LogP contribution in [0.2, 0.25) is 0 Å². The second kappa shape index (κ2) is 6.75. The van der Waals surface area contributed by atoms with E-state index in [1.165, 1.54) is 17.7 Å². The van der Waals surface area contributed by atoms with Gasteiger partial charge in [-0.2, -0.15) is 13.2 Å². The van der Waals surface area contributed by atoms with Crippen molar-refractivity contribution in [2.75, 3.05) is 13.1 Å². The Bertz CT molecular complexity index is 637. The third kappa shape index (κ3) is 4.14. The van der Waals surface area contributed by atoms with E-state index in [1.54, 1.807) is 0 Å². The molecule has 1 heterocycles. The van der Waals surface area contributed by atoms with E-state index in [0.717, 1.165) is 44.1 Å². The van der Waals surface area contributed by atoms with E-state index in [1.807, 2.05) is 24.3 Å². The highest BCUT2D eigenvalue weighted by molar-refractivity contribution is 5.29. The van der Waals surface area contributed by atoms with Crippen LogP contribution in [0.3, 0.4) is 0 Å². The summed E-state index contributed by atoms with van der Waals surface area (Å²) in [5, 5.41) is 0. The van der Waals surface area contributed by atoms with Crippen LogP contribution in [0.5, 0.6) is 0 Å². The molecule has 0 amide bonds. The van der Waals surface area contributed by atoms with E-state index in [9.17, 15) is 13.2 Å². The van der Waals surface area contributed by atoms with Gasteiger partial charge in [0.15, 0.2) is 0 Å². The first-order chi connectivity index (χ1) is 11.0. The first kappa shape index (κ1) is 16.1. The normalized spacial score (nSPS) is 19.7. The number of alkyl halides is 3. The summed E-state index contributed by atoms with van der Waals surface area (Å²) < 4.78 is 38.7. The monoisotopic (exact) mass is 319 g/mol. The lowest BCUT2D eigenvalue weighted by Crippen LogP contribution is -2.33. The molecule has 1 saturated heterocycles. The Morgan fingerprint density at radius 3 is 2.52 bits per heavy atom. The summed E-state index contributed by atoms with van der Waals surface area (Å²) in [6, 6.07) is 16.0. The van der Waals surface area contributed by atoms with Crippen LogP contribution in [0.25, 0.3) is 0 Å². The van der Waals surface area contributed by atoms with Gasteiger partial charge in [-0.15, -0.1) is 0 Å². The van der Waals surface area contributed by atoms with Crippen molar-refractivity contribution < 1.29 is 13.2 Å². The molecule has 4 heteroatoms. The number of piperidine rings is 1. The van der Waals surface area contributed by atoms with Gasteiger partial charge in [0.05, 0.1) is 5.56 Å². The molecule has 0 bridgehead atoms. The summed E-state index contributed by atoms with van der Waals surface area (Å²) >= 11 is 0. The Morgan fingerprint density at radius 1 is 1.00 bits per heavy atom. The molecule has 122 valence electrons. The Balaban J connectivity index is 1.71. The Kier molecular flexibility index (Phi) is 4.71. The maximum absolute atomic E-state index is 12.9. The average molecular weight is 319 g/mol. The molecular weight excluding hydrogens is 299 g/mol. The zero-order chi connectivity index (χ0) is 16.3. The first-order valence-corrected chi connectivity index (χ1v) is 7.96. The molecule has 0 aromatic heterocycles. The molecule has 2 aromatic carbocycles. The van der Waals surface area contributed by atoms with E-state index in [4.69, 9.17) is 0 Å². The van der Waals surface area contributed by atoms with Crippen LogP contribution < -0.4 is 0 Å². The summed E-state index contributed by atoms with van der Waals surface area (Å²) in [7, 11) is 0. The van der Waals surface area contributed by atoms with Crippen LogP contribution in [0.1, 0.15) is 35.4 Å². The quantitative estimate of drug-likeness (QED) is 0.762. The maximum Gasteiger partial charge on any atom is 0.416 e. The molecule has 0 radical (unpaired) electrons. The van der Waals surface area contributed by atoms with Gasteiger partial charge in [-0.3, -0.25) is 4.90 Å². The van der Waals surface area contributed by atoms with Crippen LogP contribution in [0.4, 0.5) is 13.2 Å². The molecule has 1 nitrogen and oxygen atoms in total. The van der Waals surface area contributed by atoms with E-state index in [0.29, 0.717) is 0 Å². The lowest BCUT2D eigenvalue weighted by Gasteiger charge is -2.33. The van der Waals surface area contributed by atoms with E-state index >= 15 is 0 Å². The third-order valence-electron chi connectivity index (χ3n) is 4.44. The highest BCUT2D eigenvalue weighted by atomic mass is 19.4. The zero-order valence-electron chi connectivity index (χ0n) is 12.9. The fourth-order valence-corrected chi connectivity index (χ4v) is 3.28. The highest BCUT2D eigenvalue weighted by Gasteiger charge is 2.31. The summed E-state index contributed by atoms with van der Waals surface area (Å²) in [6.45, 7) is 2.68. The van der Waals surface area contributed by atoms with Gasteiger partial charge in [-0.05, 0) is 42.5 Å². The van der Waals surface area contributed by atoms with E-state index < -0.39 is 11.7 Å². The minimum Gasteiger partial charge on any atom is -0.298 e. The van der Waals surface area contributed by atoms with Gasteiger partial charge in [0, 0.05) is 13.1 Å². The number of rotatable bonds is 3. The molecule has 0 spiro atoms. The van der Waals surface area contributed by atoms with Crippen LogP contribution in [0, 0.1) is 0 Å². The SMILES string of the molecule is FC(F)(F)c1cccc(C2CCCN(Cc3ccccc3)C2)c1. The second-order valence-electron chi connectivity index (χ2n) is 6.18. The molecule has 0 aliphatic carbocycles. The minimum atomic E-state index is -4.27. The summed E-state index contributed by atoms with van der Waals surface area (Å²) in [5.74, 6) is 0.176. The fraction of sp³-hybridized carbons (Fsp3) is 0.368. The lowest BCUT2D eigenvalue weighted by atomic mass is 9.89. The van der Waals surface area contributed by atoms with Gasteiger partial charge in [-0.1, -0.05) is 48.5 Å². The van der Waals surface area contributed by atoms with Crippen molar-refractivity contribution in [1.29, 1.82) is 0 Å². The van der Waals surface area contributed by atoms with Gasteiger partial charge in [-0.25, -0.2) is 0 Å². The van der Waals surface area contributed by atoms with Crippen LogP contribution in [0.15, 0.2) is 54.6 Å². The molecule has 23 heavy (non-hydrogen) atoms. The number of hydrogen-bond donors (Lipinski definition) is 0. The number of likely N-dealkylation sites (tertiary alicyclic amines) is 1. The van der Waals surface area contributed by atoms with Gasteiger partial charge < -0.3 is 0 Å². The first-order valence-electron chi connectivity index (χ1n) is 7.96. The molecular formula is C19H20F3N. The number of halogens is 3. The largest absolute Gasteiger partial charge is 0.416 e. The topological polar surface area (TPSA) is 3.24 Å². The van der Waals surface area contributed by atoms with Gasteiger partial charge in [0.25, 0.3) is 0 Å². The predicted octanol–water partition coefficient (Wildman–Crippen LogP) is 5.09. The van der Waals surface area contributed by atoms with Crippen molar-refractivity contribution >= 4 is 0 Å². The summed E-state index contributed by atoms with van der Waals surface area (Å²) in [4.78, 5) is 2.34. The van der Waals surface area contributed by atoms with Gasteiger partial charge in [0.2, 0.25) is 0 Å². The summed E-state index contributed by atoms with van der Waals surface area (Å²) in [5.41, 5.74) is 1.50. The van der Waals surface area contributed by atoms with Crippen molar-refractivity contribution in [2.45, 2.75) is 31.5 Å². The molecule has 1 atom stereocenters. The molecule has 1 unspecified atom stereocenters. The van der Waals surface area contributed by atoms with Crippen molar-refractivity contribution in [1.82, 2.24) is 4.90 Å². The number of hydrogen-bond acceptors (Lipinski definition) is 1. The molecule has 2 aromatic rings. The third-order valence-corrected chi connectivity index (χ3v) is 4.44. The Hall–Kier alpha value is -1.81. The van der Waals surface area contributed by atoms with Crippen LogP contribution >= 0.6 is 0 Å². The molecule has 1 aliphatic heterocycles. The van der Waals surface area contributed by atoms with Crippen LogP contribution in [-0.2, 0) is 12.7 Å². The van der Waals surface area contributed by atoms with Crippen molar-refractivity contribution in [3.05, 3.63) is 71.3 Å². The standard InChI is InChI=1S/C19H20F3N/c20-19(21,22)18-10-4-8-16(12-18)17-9-5-11-23(14-17)13-15-6-2-1-3-7-15/h1-4,6-8,10,12,17H,5,9,11,13-14H2. The van der Waals surface area contributed by atoms with Gasteiger partial charge in [0.1, 0.15) is 0 Å². The molecule has 0 saturated carbocycles. The molecule has 1 fully saturated rings. The van der Waals surface area contributed by atoms with E-state index in [2.05, 4.69) is 17.0 Å². The van der Waals surface area contributed by atoms with Crippen molar-refractivity contribution in [3.8, 4) is 0 Å². The molecule has 3 rings (SSSR count). The smallest absolute Gasteiger partial charge is 0.298 e. The minimum absolute atomic E-state index is 0.176. The molecule has 1 aliphatic rings. The Labute approximate surface area is 134 Å². The Morgan fingerprint density at radius 2 is 1.78 bits per heavy atom. The fourth-order valence-electron chi connectivity index (χ4n) is 3.28. The summed E-state index contributed by atoms with van der Waals surface area (Å²) in [6.07, 6.45) is -2.30. The number of benzene rings is 2. The predicted molar refractivity (Wildman–Crippen MR) is 85.1 cm³/mol. The second-order valence-corrected chi connectivity index (χ2v) is 6.18. The zero-order valence-corrected chi connectivity index (χ0v) is 12.9.